The van der Waals surface area contributed by atoms with Gasteiger partial charge in [0.1, 0.15) is 0 Å². The Labute approximate surface area is 156 Å². The third-order valence-corrected chi connectivity index (χ3v) is 6.06. The van der Waals surface area contributed by atoms with E-state index in [0.29, 0.717) is 12.1 Å². The first-order valence-electron chi connectivity index (χ1n) is 9.96. The zero-order valence-electron chi connectivity index (χ0n) is 15.9. The third kappa shape index (κ3) is 4.26. The van der Waals surface area contributed by atoms with Crippen LogP contribution in [0.1, 0.15) is 62.8 Å². The summed E-state index contributed by atoms with van der Waals surface area (Å²) in [6.45, 7) is 3.95. The summed E-state index contributed by atoms with van der Waals surface area (Å²) in [5.41, 5.74) is 7.24. The van der Waals surface area contributed by atoms with Crippen molar-refractivity contribution in [1.82, 2.24) is 4.98 Å². The molecule has 0 spiro atoms. The van der Waals surface area contributed by atoms with Crippen molar-refractivity contribution in [3.05, 3.63) is 29.1 Å². The van der Waals surface area contributed by atoms with Crippen molar-refractivity contribution in [3.63, 3.8) is 0 Å². The number of carboxylic acid groups (broad SMARTS) is 1. The molecular weight excluding hydrogens is 328 g/mol. The van der Waals surface area contributed by atoms with Gasteiger partial charge < -0.3 is 15.9 Å². The average molecular weight is 360 g/mol. The fourth-order valence-electron chi connectivity index (χ4n) is 4.34. The van der Waals surface area contributed by atoms with E-state index < -0.39 is 17.6 Å². The number of hydrogen-bond donors (Lipinski definition) is 3. The minimum Gasteiger partial charge on any atom is -0.479 e. The lowest BCUT2D eigenvalue weighted by Crippen LogP contribution is -2.56. The molecule has 2 aliphatic carbocycles. The highest BCUT2D eigenvalue weighted by molar-refractivity contribution is 5.78. The van der Waals surface area contributed by atoms with Gasteiger partial charge in [-0.05, 0) is 67.1 Å². The molecule has 0 bridgehead atoms. The first-order chi connectivity index (χ1) is 12.3. The van der Waals surface area contributed by atoms with Crippen molar-refractivity contribution in [2.75, 3.05) is 0 Å². The minimum absolute atomic E-state index is 0.0211. The third-order valence-electron chi connectivity index (χ3n) is 6.06. The van der Waals surface area contributed by atoms with Crippen molar-refractivity contribution >= 4 is 5.97 Å². The van der Waals surface area contributed by atoms with Crippen LogP contribution >= 0.6 is 0 Å². The van der Waals surface area contributed by atoms with E-state index in [0.717, 1.165) is 36.7 Å². The zero-order chi connectivity index (χ0) is 18.9. The number of fused-ring (bicyclic) bond motifs is 1. The number of aliphatic carboxylic acids is 1. The van der Waals surface area contributed by atoms with Gasteiger partial charge in [0.05, 0.1) is 0 Å². The second-order valence-corrected chi connectivity index (χ2v) is 8.83. The molecular formula is C21H32N2O3. The lowest BCUT2D eigenvalue weighted by molar-refractivity contribution is -0.161. The van der Waals surface area contributed by atoms with Crippen LogP contribution < -0.4 is 5.73 Å². The van der Waals surface area contributed by atoms with E-state index in [-0.39, 0.29) is 12.3 Å². The Morgan fingerprint density at radius 2 is 2.08 bits per heavy atom. The molecule has 0 aliphatic heterocycles. The van der Waals surface area contributed by atoms with Gasteiger partial charge in [-0.15, -0.1) is 0 Å². The van der Waals surface area contributed by atoms with Crippen LogP contribution in [-0.4, -0.2) is 32.8 Å². The number of pyridine rings is 1. The molecule has 0 aromatic carbocycles. The van der Waals surface area contributed by atoms with E-state index in [1.165, 1.54) is 24.8 Å². The van der Waals surface area contributed by atoms with Gasteiger partial charge in [0.2, 0.25) is 0 Å². The van der Waals surface area contributed by atoms with Crippen molar-refractivity contribution < 1.29 is 15.0 Å². The van der Waals surface area contributed by atoms with Gasteiger partial charge in [-0.2, -0.15) is 0 Å². The van der Waals surface area contributed by atoms with Crippen LogP contribution in [0.3, 0.4) is 0 Å². The lowest BCUT2D eigenvalue weighted by atomic mass is 9.78. The number of hydrogen-bond acceptors (Lipinski definition) is 4. The Morgan fingerprint density at radius 1 is 1.35 bits per heavy atom. The van der Waals surface area contributed by atoms with E-state index in [2.05, 4.69) is 11.1 Å². The summed E-state index contributed by atoms with van der Waals surface area (Å²) in [5, 5.41) is 20.5. The fraction of sp³-hybridized carbons (Fsp3) is 0.714. The van der Waals surface area contributed by atoms with Crippen LogP contribution in [0.15, 0.2) is 12.3 Å². The maximum Gasteiger partial charge on any atom is 0.337 e. The molecule has 5 heteroatoms. The SMILES string of the molecule is CC(C)CC(N)[C@](O)(Cc1nccc2c1CCC(CC1CC1)C2)C(=O)O. The number of rotatable bonds is 8. The predicted molar refractivity (Wildman–Crippen MR) is 101 cm³/mol. The quantitative estimate of drug-likeness (QED) is 0.662. The summed E-state index contributed by atoms with van der Waals surface area (Å²) in [6, 6.07) is 1.25. The Hall–Kier alpha value is -1.46. The molecule has 26 heavy (non-hydrogen) atoms. The van der Waals surface area contributed by atoms with Crippen LogP contribution in [0.25, 0.3) is 0 Å². The standard InChI is InChI=1S/C21H32N2O3/c1-13(2)9-19(22)21(26,20(24)25)12-18-17-6-5-15(10-14-3-4-14)11-16(17)7-8-23-18/h7-8,13-15,19,26H,3-6,9-12,22H2,1-2H3,(H,24,25)/t15?,19?,21-/m1/s1. The smallest absolute Gasteiger partial charge is 0.337 e. The lowest BCUT2D eigenvalue weighted by Gasteiger charge is -2.32. The average Bonchev–Trinajstić information content (AvgIpc) is 3.38. The van der Waals surface area contributed by atoms with E-state index >= 15 is 0 Å². The van der Waals surface area contributed by atoms with E-state index in [4.69, 9.17) is 5.73 Å². The van der Waals surface area contributed by atoms with Gasteiger partial charge in [0.25, 0.3) is 0 Å². The molecule has 0 amide bonds. The summed E-state index contributed by atoms with van der Waals surface area (Å²) >= 11 is 0. The monoisotopic (exact) mass is 360 g/mol. The first-order valence-corrected chi connectivity index (χ1v) is 9.96. The van der Waals surface area contributed by atoms with Crippen molar-refractivity contribution in [1.29, 1.82) is 0 Å². The van der Waals surface area contributed by atoms with Crippen LogP contribution in [0.5, 0.6) is 0 Å². The molecule has 4 N–H and O–H groups in total. The molecule has 1 heterocycles. The zero-order valence-corrected chi connectivity index (χ0v) is 15.9. The molecule has 3 rings (SSSR count). The minimum atomic E-state index is -1.97. The molecule has 1 aromatic rings. The number of carboxylic acids is 1. The molecule has 5 nitrogen and oxygen atoms in total. The van der Waals surface area contributed by atoms with Gasteiger partial charge in [0.15, 0.2) is 5.60 Å². The highest BCUT2D eigenvalue weighted by Crippen LogP contribution is 2.40. The number of nitrogens with two attached hydrogens (primary N) is 1. The second-order valence-electron chi connectivity index (χ2n) is 8.83. The largest absolute Gasteiger partial charge is 0.479 e. The van der Waals surface area contributed by atoms with Crippen molar-refractivity contribution in [3.8, 4) is 0 Å². The Balaban J connectivity index is 1.79. The van der Waals surface area contributed by atoms with Gasteiger partial charge in [-0.1, -0.05) is 26.7 Å². The number of aliphatic hydroxyl groups is 1. The first kappa shape index (κ1) is 19.3. The van der Waals surface area contributed by atoms with Gasteiger partial charge in [0, 0.05) is 24.4 Å². The van der Waals surface area contributed by atoms with Crippen LogP contribution in [0, 0.1) is 17.8 Å². The Morgan fingerprint density at radius 3 is 2.69 bits per heavy atom. The molecule has 0 saturated heterocycles. The molecule has 3 atom stereocenters. The molecule has 1 aromatic heterocycles. The van der Waals surface area contributed by atoms with Gasteiger partial charge in [-0.25, -0.2) is 4.79 Å². The van der Waals surface area contributed by atoms with Crippen LogP contribution in [-0.2, 0) is 24.1 Å². The maximum absolute atomic E-state index is 11.8. The molecule has 1 saturated carbocycles. The summed E-state index contributed by atoms with van der Waals surface area (Å²) in [6.07, 6.45) is 9.36. The highest BCUT2D eigenvalue weighted by atomic mass is 16.4. The predicted octanol–water partition coefficient (Wildman–Crippen LogP) is 2.72. The number of aromatic nitrogens is 1. The molecule has 144 valence electrons. The van der Waals surface area contributed by atoms with Crippen molar-refractivity contribution in [2.45, 2.75) is 76.9 Å². The number of carbonyl (C=O) groups is 1. The molecule has 0 radical (unpaired) electrons. The molecule has 1 fully saturated rings. The van der Waals surface area contributed by atoms with Crippen LogP contribution in [0.2, 0.25) is 0 Å². The number of nitrogens with zero attached hydrogens (tertiary/aromatic N) is 1. The van der Waals surface area contributed by atoms with Gasteiger partial charge >= 0.3 is 5.97 Å². The van der Waals surface area contributed by atoms with E-state index in [1.54, 1.807) is 6.20 Å². The maximum atomic E-state index is 11.8. The fourth-order valence-corrected chi connectivity index (χ4v) is 4.34. The van der Waals surface area contributed by atoms with Crippen molar-refractivity contribution in [2.24, 2.45) is 23.5 Å². The van der Waals surface area contributed by atoms with Crippen LogP contribution in [0.4, 0.5) is 0 Å². The van der Waals surface area contributed by atoms with Gasteiger partial charge in [-0.3, -0.25) is 4.98 Å². The normalized spacial score (nSPS) is 23.3. The Bertz CT molecular complexity index is 657. The second kappa shape index (κ2) is 7.65. The molecule has 2 aliphatic rings. The van der Waals surface area contributed by atoms with E-state index in [1.807, 2.05) is 13.8 Å². The highest BCUT2D eigenvalue weighted by Gasteiger charge is 2.44. The summed E-state index contributed by atoms with van der Waals surface area (Å²) in [7, 11) is 0. The summed E-state index contributed by atoms with van der Waals surface area (Å²) in [4.78, 5) is 16.3. The summed E-state index contributed by atoms with van der Waals surface area (Å²) < 4.78 is 0. The summed E-state index contributed by atoms with van der Waals surface area (Å²) in [5.74, 6) is 0.616. The Kier molecular flexibility index (Phi) is 5.68. The van der Waals surface area contributed by atoms with E-state index in [9.17, 15) is 15.0 Å². The topological polar surface area (TPSA) is 96.4 Å². The molecule has 2 unspecified atom stereocenters.